The lowest BCUT2D eigenvalue weighted by molar-refractivity contribution is -0.119. The monoisotopic (exact) mass is 271 g/mol. The van der Waals surface area contributed by atoms with Crippen molar-refractivity contribution in [2.24, 2.45) is 13.0 Å². The van der Waals surface area contributed by atoms with Crippen LogP contribution in [0.15, 0.2) is 36.8 Å². The Morgan fingerprint density at radius 2 is 2.35 bits per heavy atom. The topological polar surface area (TPSA) is 71.8 Å². The summed E-state index contributed by atoms with van der Waals surface area (Å²) in [6, 6.07) is 5.47. The van der Waals surface area contributed by atoms with E-state index in [1.165, 1.54) is 0 Å². The minimum atomic E-state index is -0.0961. The van der Waals surface area contributed by atoms with Gasteiger partial charge in [0, 0.05) is 38.4 Å². The molecule has 2 N–H and O–H groups in total. The summed E-state index contributed by atoms with van der Waals surface area (Å²) in [4.78, 5) is 16.5. The van der Waals surface area contributed by atoms with Gasteiger partial charge in [0.2, 0.25) is 5.91 Å². The fourth-order valence-electron chi connectivity index (χ4n) is 2.59. The van der Waals surface area contributed by atoms with Gasteiger partial charge in [-0.2, -0.15) is 5.10 Å². The first-order chi connectivity index (χ1) is 9.74. The van der Waals surface area contributed by atoms with E-state index in [1.807, 2.05) is 31.6 Å². The quantitative estimate of drug-likeness (QED) is 0.864. The molecule has 104 valence electrons. The van der Waals surface area contributed by atoms with Gasteiger partial charge in [-0.25, -0.2) is 4.98 Å². The molecular weight excluding hydrogens is 254 g/mol. The maximum atomic E-state index is 12.4. The van der Waals surface area contributed by atoms with Gasteiger partial charge in [-0.05, 0) is 17.7 Å². The van der Waals surface area contributed by atoms with Crippen molar-refractivity contribution in [1.82, 2.24) is 20.1 Å². The SMILES string of the molecule is Cn1cc([C@H]2CNC[C@@H]2C(=O)Nc2ccccn2)cn1. The molecule has 0 spiro atoms. The summed E-state index contributed by atoms with van der Waals surface area (Å²) in [5.41, 5.74) is 1.10. The summed E-state index contributed by atoms with van der Waals surface area (Å²) in [6.45, 7) is 1.48. The van der Waals surface area contributed by atoms with Crippen molar-refractivity contribution in [2.45, 2.75) is 5.92 Å². The molecule has 3 heterocycles. The van der Waals surface area contributed by atoms with Crippen LogP contribution in [0.2, 0.25) is 0 Å². The van der Waals surface area contributed by atoms with Crippen LogP contribution in [-0.2, 0) is 11.8 Å². The smallest absolute Gasteiger partial charge is 0.230 e. The fraction of sp³-hybridized carbons (Fsp3) is 0.357. The number of hydrogen-bond acceptors (Lipinski definition) is 4. The minimum absolute atomic E-state index is 0.00236. The van der Waals surface area contributed by atoms with Gasteiger partial charge in [0.1, 0.15) is 5.82 Å². The van der Waals surface area contributed by atoms with E-state index in [-0.39, 0.29) is 17.7 Å². The number of amides is 1. The number of carbonyl (C=O) groups is 1. The van der Waals surface area contributed by atoms with Crippen molar-refractivity contribution in [1.29, 1.82) is 0 Å². The average Bonchev–Trinajstić information content (AvgIpc) is 3.08. The summed E-state index contributed by atoms with van der Waals surface area (Å²) in [5, 5.41) is 10.3. The van der Waals surface area contributed by atoms with E-state index >= 15 is 0 Å². The molecule has 1 aliphatic heterocycles. The molecule has 0 bridgehead atoms. The van der Waals surface area contributed by atoms with Gasteiger partial charge in [0.15, 0.2) is 0 Å². The van der Waals surface area contributed by atoms with Crippen LogP contribution in [0.3, 0.4) is 0 Å². The van der Waals surface area contributed by atoms with Crippen LogP contribution < -0.4 is 10.6 Å². The Labute approximate surface area is 117 Å². The second-order valence-electron chi connectivity index (χ2n) is 5.02. The number of nitrogens with zero attached hydrogens (tertiary/aromatic N) is 3. The highest BCUT2D eigenvalue weighted by molar-refractivity contribution is 5.92. The van der Waals surface area contributed by atoms with Gasteiger partial charge in [-0.3, -0.25) is 9.48 Å². The zero-order valence-electron chi connectivity index (χ0n) is 11.3. The fourth-order valence-corrected chi connectivity index (χ4v) is 2.59. The molecule has 6 nitrogen and oxygen atoms in total. The normalized spacial score (nSPS) is 21.9. The molecule has 2 aromatic heterocycles. The molecule has 1 saturated heterocycles. The molecule has 0 saturated carbocycles. The molecule has 3 rings (SSSR count). The standard InChI is InChI=1S/C14H17N5O/c1-19-9-10(6-17-19)11-7-15-8-12(11)14(20)18-13-4-2-3-5-16-13/h2-6,9,11-12,15H,7-8H2,1H3,(H,16,18,20)/t11-,12+/m1/s1. The number of rotatable bonds is 3. The first kappa shape index (κ1) is 12.8. The third kappa shape index (κ3) is 2.55. The Balaban J connectivity index is 1.73. The second-order valence-corrected chi connectivity index (χ2v) is 5.02. The molecule has 2 atom stereocenters. The molecule has 2 aromatic rings. The molecule has 1 aliphatic rings. The van der Waals surface area contributed by atoms with Crippen molar-refractivity contribution in [3.63, 3.8) is 0 Å². The zero-order valence-corrected chi connectivity index (χ0v) is 11.3. The third-order valence-corrected chi connectivity index (χ3v) is 3.62. The number of carbonyl (C=O) groups excluding carboxylic acids is 1. The van der Waals surface area contributed by atoms with Crippen molar-refractivity contribution in [3.8, 4) is 0 Å². The first-order valence-electron chi connectivity index (χ1n) is 6.65. The van der Waals surface area contributed by atoms with Gasteiger partial charge >= 0.3 is 0 Å². The van der Waals surface area contributed by atoms with E-state index in [0.29, 0.717) is 12.4 Å². The summed E-state index contributed by atoms with van der Waals surface area (Å²) >= 11 is 0. The Morgan fingerprint density at radius 1 is 1.45 bits per heavy atom. The van der Waals surface area contributed by atoms with Gasteiger partial charge in [-0.15, -0.1) is 0 Å². The first-order valence-corrected chi connectivity index (χ1v) is 6.65. The van der Waals surface area contributed by atoms with Crippen molar-refractivity contribution >= 4 is 11.7 Å². The van der Waals surface area contributed by atoms with Gasteiger partial charge in [0.25, 0.3) is 0 Å². The second kappa shape index (κ2) is 5.42. The predicted octanol–water partition coefficient (Wildman–Crippen LogP) is 0.757. The van der Waals surface area contributed by atoms with Gasteiger partial charge < -0.3 is 10.6 Å². The van der Waals surface area contributed by atoms with E-state index in [4.69, 9.17) is 0 Å². The maximum absolute atomic E-state index is 12.4. The van der Waals surface area contributed by atoms with Crippen molar-refractivity contribution < 1.29 is 4.79 Å². The van der Waals surface area contributed by atoms with Crippen LogP contribution in [0.4, 0.5) is 5.82 Å². The highest BCUT2D eigenvalue weighted by Crippen LogP contribution is 2.28. The molecule has 20 heavy (non-hydrogen) atoms. The lowest BCUT2D eigenvalue weighted by Crippen LogP contribution is -2.28. The Morgan fingerprint density at radius 3 is 3.05 bits per heavy atom. The number of nitrogens with one attached hydrogen (secondary N) is 2. The summed E-state index contributed by atoms with van der Waals surface area (Å²) < 4.78 is 1.77. The van der Waals surface area contributed by atoms with Crippen LogP contribution in [0, 0.1) is 5.92 Å². The van der Waals surface area contributed by atoms with Crippen LogP contribution in [0.1, 0.15) is 11.5 Å². The van der Waals surface area contributed by atoms with E-state index in [2.05, 4.69) is 20.7 Å². The van der Waals surface area contributed by atoms with Crippen LogP contribution in [0.5, 0.6) is 0 Å². The van der Waals surface area contributed by atoms with Crippen LogP contribution in [-0.4, -0.2) is 33.8 Å². The number of anilines is 1. The molecule has 0 unspecified atom stereocenters. The van der Waals surface area contributed by atoms with Crippen LogP contribution >= 0.6 is 0 Å². The number of pyridine rings is 1. The Bertz CT molecular complexity index is 595. The lowest BCUT2D eigenvalue weighted by atomic mass is 9.90. The van der Waals surface area contributed by atoms with E-state index in [9.17, 15) is 4.79 Å². The summed E-state index contributed by atoms with van der Waals surface area (Å²) in [7, 11) is 1.88. The molecule has 0 radical (unpaired) electrons. The number of hydrogen-bond donors (Lipinski definition) is 2. The summed E-state index contributed by atoms with van der Waals surface area (Å²) in [6.07, 6.45) is 5.47. The van der Waals surface area contributed by atoms with Crippen molar-refractivity contribution in [3.05, 3.63) is 42.4 Å². The molecule has 6 heteroatoms. The molecule has 1 amide bonds. The highest BCUT2D eigenvalue weighted by atomic mass is 16.2. The third-order valence-electron chi connectivity index (χ3n) is 3.62. The number of aromatic nitrogens is 3. The Hall–Kier alpha value is -2.21. The summed E-state index contributed by atoms with van der Waals surface area (Å²) in [5.74, 6) is 0.658. The lowest BCUT2D eigenvalue weighted by Gasteiger charge is -2.16. The minimum Gasteiger partial charge on any atom is -0.315 e. The van der Waals surface area contributed by atoms with E-state index < -0.39 is 0 Å². The molecular formula is C14H17N5O. The largest absolute Gasteiger partial charge is 0.315 e. The van der Waals surface area contributed by atoms with Gasteiger partial charge in [0.05, 0.1) is 12.1 Å². The molecule has 0 aliphatic carbocycles. The average molecular weight is 271 g/mol. The predicted molar refractivity (Wildman–Crippen MR) is 75.2 cm³/mol. The van der Waals surface area contributed by atoms with E-state index in [0.717, 1.165) is 12.1 Å². The number of aryl methyl sites for hydroxylation is 1. The van der Waals surface area contributed by atoms with Crippen LogP contribution in [0.25, 0.3) is 0 Å². The van der Waals surface area contributed by atoms with Gasteiger partial charge in [-0.1, -0.05) is 6.07 Å². The van der Waals surface area contributed by atoms with Crippen molar-refractivity contribution in [2.75, 3.05) is 18.4 Å². The highest BCUT2D eigenvalue weighted by Gasteiger charge is 2.34. The maximum Gasteiger partial charge on any atom is 0.230 e. The Kier molecular flexibility index (Phi) is 3.47. The molecule has 1 fully saturated rings. The molecule has 0 aromatic carbocycles. The zero-order chi connectivity index (χ0) is 13.9. The van der Waals surface area contributed by atoms with E-state index in [1.54, 1.807) is 16.9 Å².